The Balaban J connectivity index is 3.12. The molecule has 3 nitrogen and oxygen atoms in total. The molecule has 0 unspecified atom stereocenters. The van der Waals surface area contributed by atoms with Gasteiger partial charge in [-0.3, -0.25) is 0 Å². The molecule has 0 aliphatic carbocycles. The molecule has 38 valence electrons. The third-order valence-electron chi connectivity index (χ3n) is 0.696. The van der Waals surface area contributed by atoms with E-state index in [0.717, 1.165) is 5.69 Å². The normalized spacial score (nSPS) is 9.43. The number of rotatable bonds is 0. The second kappa shape index (κ2) is 1.54. The molecule has 1 rings (SSSR count). The van der Waals surface area contributed by atoms with E-state index in [2.05, 4.69) is 23.1 Å². The maximum absolute atomic E-state index is 3.89. The van der Waals surface area contributed by atoms with Gasteiger partial charge in [-0.1, -0.05) is 5.21 Å². The molecule has 1 aromatic rings. The van der Waals surface area contributed by atoms with Gasteiger partial charge in [0.2, 0.25) is 0 Å². The highest BCUT2D eigenvalue weighted by molar-refractivity contribution is 7.78. The zero-order valence-corrected chi connectivity index (χ0v) is 4.76. The first-order valence-electron chi connectivity index (χ1n) is 1.87. The third-order valence-corrected chi connectivity index (χ3v) is 1.09. The fourth-order valence-corrected chi connectivity index (χ4v) is 0.378. The second-order valence-electron chi connectivity index (χ2n) is 1.26. The maximum Gasteiger partial charge on any atom is 0.0733 e. The van der Waals surface area contributed by atoms with E-state index in [1.807, 2.05) is 6.92 Å². The molecule has 0 radical (unpaired) electrons. The zero-order valence-electron chi connectivity index (χ0n) is 3.87. The number of hydrogen-bond donors (Lipinski definition) is 1. The van der Waals surface area contributed by atoms with Crippen LogP contribution in [0.3, 0.4) is 0 Å². The van der Waals surface area contributed by atoms with Crippen LogP contribution in [0.4, 0.5) is 0 Å². The van der Waals surface area contributed by atoms with E-state index in [0.29, 0.717) is 0 Å². The summed E-state index contributed by atoms with van der Waals surface area (Å²) in [5.41, 5.74) is 0.948. The molecule has 0 amide bonds. The average molecular weight is 115 g/mol. The third kappa shape index (κ3) is 0.742. The molecule has 0 spiro atoms. The van der Waals surface area contributed by atoms with Crippen molar-refractivity contribution in [1.29, 1.82) is 0 Å². The minimum Gasteiger partial charge on any atom is -0.194 e. The average Bonchev–Trinajstić information content (AvgIpc) is 1.91. The molecule has 4 heteroatoms. The molecule has 1 heterocycles. The van der Waals surface area contributed by atoms with Gasteiger partial charge in [0.05, 0.1) is 11.9 Å². The van der Waals surface area contributed by atoms with Crippen molar-refractivity contribution in [2.24, 2.45) is 0 Å². The SMILES string of the molecule is Cc1cnnn1S. The molecule has 1 aromatic heterocycles. The number of nitrogens with zero attached hydrogens (tertiary/aromatic N) is 3. The van der Waals surface area contributed by atoms with Gasteiger partial charge in [-0.25, -0.2) is 0 Å². The number of hydrogen-bond acceptors (Lipinski definition) is 3. The van der Waals surface area contributed by atoms with Crippen LogP contribution in [0, 0.1) is 6.92 Å². The topological polar surface area (TPSA) is 30.7 Å². The molecule has 0 aliphatic rings. The van der Waals surface area contributed by atoms with Gasteiger partial charge in [0.15, 0.2) is 0 Å². The highest BCUT2D eigenvalue weighted by Gasteiger charge is 1.86. The minimum atomic E-state index is 0.948. The Kier molecular flexibility index (Phi) is 1.02. The van der Waals surface area contributed by atoms with Crippen molar-refractivity contribution < 1.29 is 0 Å². The first kappa shape index (κ1) is 4.64. The first-order chi connectivity index (χ1) is 3.30. The summed E-state index contributed by atoms with van der Waals surface area (Å²) in [6.07, 6.45) is 1.65. The Morgan fingerprint density at radius 1 is 1.86 bits per heavy atom. The second-order valence-corrected chi connectivity index (χ2v) is 1.64. The van der Waals surface area contributed by atoms with Crippen LogP contribution in [0.2, 0.25) is 0 Å². The maximum atomic E-state index is 3.89. The Labute approximate surface area is 46.9 Å². The highest BCUT2D eigenvalue weighted by atomic mass is 32.1. The van der Waals surface area contributed by atoms with E-state index in [9.17, 15) is 0 Å². The standard InChI is InChI=1S/C3H5N3S/c1-3-2-4-5-6(3)7/h2,7H,1H3. The first-order valence-corrected chi connectivity index (χ1v) is 2.27. The molecular formula is C3H5N3S. The lowest BCUT2D eigenvalue weighted by Crippen LogP contribution is -1.83. The molecule has 0 saturated carbocycles. The van der Waals surface area contributed by atoms with E-state index >= 15 is 0 Å². The van der Waals surface area contributed by atoms with Crippen molar-refractivity contribution in [2.45, 2.75) is 6.92 Å². The summed E-state index contributed by atoms with van der Waals surface area (Å²) in [5, 5.41) is 7.10. The van der Waals surface area contributed by atoms with E-state index in [1.165, 1.54) is 4.09 Å². The molecule has 0 fully saturated rings. The monoisotopic (exact) mass is 115 g/mol. The molecule has 0 bridgehead atoms. The van der Waals surface area contributed by atoms with Crippen LogP contribution < -0.4 is 0 Å². The van der Waals surface area contributed by atoms with E-state index in [-0.39, 0.29) is 0 Å². The summed E-state index contributed by atoms with van der Waals surface area (Å²) in [4.78, 5) is 0. The van der Waals surface area contributed by atoms with E-state index in [1.54, 1.807) is 6.20 Å². The van der Waals surface area contributed by atoms with Gasteiger partial charge in [-0.15, -0.1) is 5.10 Å². The molecule has 0 aliphatic heterocycles. The Bertz CT molecular complexity index is 142. The largest absolute Gasteiger partial charge is 0.194 e. The van der Waals surface area contributed by atoms with Gasteiger partial charge < -0.3 is 0 Å². The summed E-state index contributed by atoms with van der Waals surface area (Å²) in [7, 11) is 0. The van der Waals surface area contributed by atoms with Crippen molar-refractivity contribution in [2.75, 3.05) is 0 Å². The lowest BCUT2D eigenvalue weighted by atomic mass is 10.6. The quantitative estimate of drug-likeness (QED) is 0.492. The summed E-state index contributed by atoms with van der Waals surface area (Å²) in [6, 6.07) is 0. The van der Waals surface area contributed by atoms with Gasteiger partial charge >= 0.3 is 0 Å². The number of aromatic nitrogens is 3. The van der Waals surface area contributed by atoms with Gasteiger partial charge in [-0.05, 0) is 19.7 Å². The van der Waals surface area contributed by atoms with Crippen molar-refractivity contribution in [1.82, 2.24) is 14.4 Å². The van der Waals surface area contributed by atoms with Gasteiger partial charge in [0.25, 0.3) is 0 Å². The summed E-state index contributed by atoms with van der Waals surface area (Å²) in [5.74, 6) is 0. The molecule has 0 atom stereocenters. The van der Waals surface area contributed by atoms with Crippen LogP contribution in [0.5, 0.6) is 0 Å². The van der Waals surface area contributed by atoms with E-state index < -0.39 is 0 Å². The van der Waals surface area contributed by atoms with Crippen LogP contribution in [0.1, 0.15) is 5.69 Å². The van der Waals surface area contributed by atoms with Crippen molar-refractivity contribution in [3.8, 4) is 0 Å². The molecular weight excluding hydrogens is 110 g/mol. The minimum absolute atomic E-state index is 0.948. The Morgan fingerprint density at radius 2 is 2.57 bits per heavy atom. The summed E-state index contributed by atoms with van der Waals surface area (Å²) < 4.78 is 1.42. The summed E-state index contributed by atoms with van der Waals surface area (Å²) in [6.45, 7) is 1.88. The molecule has 0 N–H and O–H groups in total. The van der Waals surface area contributed by atoms with Crippen LogP contribution in [0.25, 0.3) is 0 Å². The molecule has 0 saturated heterocycles. The van der Waals surface area contributed by atoms with E-state index in [4.69, 9.17) is 0 Å². The van der Waals surface area contributed by atoms with Crippen LogP contribution in [-0.2, 0) is 0 Å². The molecule has 0 aromatic carbocycles. The predicted octanol–water partition coefficient (Wildman–Crippen LogP) is 0.279. The predicted molar refractivity (Wildman–Crippen MR) is 29.1 cm³/mol. The lowest BCUT2D eigenvalue weighted by Gasteiger charge is -1.82. The molecule has 7 heavy (non-hydrogen) atoms. The van der Waals surface area contributed by atoms with Crippen molar-refractivity contribution in [3.05, 3.63) is 11.9 Å². The fraction of sp³-hybridized carbons (Fsp3) is 0.333. The smallest absolute Gasteiger partial charge is 0.0733 e. The number of aryl methyl sites for hydroxylation is 1. The van der Waals surface area contributed by atoms with Crippen LogP contribution >= 0.6 is 12.8 Å². The zero-order chi connectivity index (χ0) is 5.28. The summed E-state index contributed by atoms with van der Waals surface area (Å²) >= 11 is 3.89. The van der Waals surface area contributed by atoms with Gasteiger partial charge in [-0.2, -0.15) is 4.09 Å². The van der Waals surface area contributed by atoms with Crippen molar-refractivity contribution >= 4 is 12.8 Å². The Hall–Kier alpha value is -0.510. The van der Waals surface area contributed by atoms with Crippen LogP contribution in [0.15, 0.2) is 6.20 Å². The fourth-order valence-electron chi connectivity index (χ4n) is 0.280. The van der Waals surface area contributed by atoms with Crippen molar-refractivity contribution in [3.63, 3.8) is 0 Å². The lowest BCUT2D eigenvalue weighted by molar-refractivity contribution is 0.881. The highest BCUT2D eigenvalue weighted by Crippen LogP contribution is 1.91. The Morgan fingerprint density at radius 3 is 2.71 bits per heavy atom. The number of thiol groups is 1. The van der Waals surface area contributed by atoms with Crippen LogP contribution in [-0.4, -0.2) is 14.4 Å². The van der Waals surface area contributed by atoms with Gasteiger partial charge in [0.1, 0.15) is 0 Å². The van der Waals surface area contributed by atoms with Gasteiger partial charge in [0, 0.05) is 0 Å².